The van der Waals surface area contributed by atoms with Gasteiger partial charge in [0.1, 0.15) is 0 Å². The van der Waals surface area contributed by atoms with Crippen LogP contribution in [0, 0.1) is 11.3 Å². The number of carbonyl (C=O) groups is 2. The first-order valence-corrected chi connectivity index (χ1v) is 10.8. The molecule has 2 fully saturated rings. The van der Waals surface area contributed by atoms with E-state index in [1.807, 2.05) is 29.2 Å². The normalized spacial score (nSPS) is 16.8. The number of amides is 3. The Morgan fingerprint density at radius 1 is 0.968 bits per heavy atom. The summed E-state index contributed by atoms with van der Waals surface area (Å²) in [7, 11) is 0. The lowest BCUT2D eigenvalue weighted by molar-refractivity contribution is 0.0761. The summed E-state index contributed by atoms with van der Waals surface area (Å²) >= 11 is 0. The van der Waals surface area contributed by atoms with Gasteiger partial charge in [0, 0.05) is 50.0 Å². The van der Waals surface area contributed by atoms with Crippen LogP contribution in [0.4, 0.5) is 10.5 Å². The van der Waals surface area contributed by atoms with Gasteiger partial charge in [-0.05, 0) is 61.2 Å². The van der Waals surface area contributed by atoms with Crippen molar-refractivity contribution < 1.29 is 9.59 Å². The summed E-state index contributed by atoms with van der Waals surface area (Å²) in [6, 6.07) is 17.0. The van der Waals surface area contributed by atoms with E-state index in [1.165, 1.54) is 5.56 Å². The van der Waals surface area contributed by atoms with Crippen molar-refractivity contribution in [3.8, 4) is 6.07 Å². The lowest BCUT2D eigenvalue weighted by atomic mass is 10.1. The number of anilines is 1. The van der Waals surface area contributed by atoms with E-state index in [9.17, 15) is 9.59 Å². The van der Waals surface area contributed by atoms with Crippen molar-refractivity contribution in [3.05, 3.63) is 65.2 Å². The third-order valence-corrected chi connectivity index (χ3v) is 5.67. The Balaban J connectivity index is 1.29. The SMILES string of the molecule is N#Cc1ccc(CN2CCCN(C(=O)c3ccc(NC(=O)NC4CC4)cc3)CC2)cc1. The summed E-state index contributed by atoms with van der Waals surface area (Å²) in [4.78, 5) is 29.0. The Labute approximate surface area is 182 Å². The largest absolute Gasteiger partial charge is 0.337 e. The maximum Gasteiger partial charge on any atom is 0.319 e. The molecule has 2 aliphatic rings. The smallest absolute Gasteiger partial charge is 0.319 e. The average Bonchev–Trinajstić information content (AvgIpc) is 3.62. The van der Waals surface area contributed by atoms with Crippen LogP contribution in [0.1, 0.15) is 40.7 Å². The molecule has 1 saturated heterocycles. The molecule has 160 valence electrons. The Kier molecular flexibility index (Phi) is 6.48. The van der Waals surface area contributed by atoms with E-state index >= 15 is 0 Å². The van der Waals surface area contributed by atoms with Crippen molar-refractivity contribution >= 4 is 17.6 Å². The lowest BCUT2D eigenvalue weighted by Gasteiger charge is -2.22. The van der Waals surface area contributed by atoms with Gasteiger partial charge in [0.05, 0.1) is 11.6 Å². The first kappa shape index (κ1) is 20.9. The molecule has 0 atom stereocenters. The molecule has 7 nitrogen and oxygen atoms in total. The van der Waals surface area contributed by atoms with Gasteiger partial charge in [-0.3, -0.25) is 9.69 Å². The van der Waals surface area contributed by atoms with Crippen molar-refractivity contribution in [1.29, 1.82) is 5.26 Å². The topological polar surface area (TPSA) is 88.5 Å². The van der Waals surface area contributed by atoms with Crippen LogP contribution in [-0.2, 0) is 6.54 Å². The van der Waals surface area contributed by atoms with Crippen LogP contribution in [0.2, 0.25) is 0 Å². The number of benzene rings is 2. The number of hydrogen-bond donors (Lipinski definition) is 2. The number of nitrogens with zero attached hydrogens (tertiary/aromatic N) is 3. The summed E-state index contributed by atoms with van der Waals surface area (Å²) in [5.41, 5.74) is 3.15. The van der Waals surface area contributed by atoms with E-state index in [2.05, 4.69) is 21.6 Å². The van der Waals surface area contributed by atoms with E-state index in [-0.39, 0.29) is 11.9 Å². The second-order valence-electron chi connectivity index (χ2n) is 8.18. The molecule has 2 aromatic carbocycles. The summed E-state index contributed by atoms with van der Waals surface area (Å²) in [6.07, 6.45) is 3.01. The Morgan fingerprint density at radius 3 is 2.39 bits per heavy atom. The number of carbonyl (C=O) groups excluding carboxylic acids is 2. The zero-order valence-electron chi connectivity index (χ0n) is 17.5. The molecule has 31 heavy (non-hydrogen) atoms. The number of nitriles is 1. The first-order valence-electron chi connectivity index (χ1n) is 10.8. The highest BCUT2D eigenvalue weighted by Gasteiger charge is 2.23. The van der Waals surface area contributed by atoms with E-state index in [0.29, 0.717) is 29.4 Å². The molecule has 0 aromatic heterocycles. The molecule has 0 spiro atoms. The van der Waals surface area contributed by atoms with Crippen molar-refractivity contribution in [2.45, 2.75) is 31.8 Å². The highest BCUT2D eigenvalue weighted by Crippen LogP contribution is 2.19. The molecule has 0 bridgehead atoms. The summed E-state index contributed by atoms with van der Waals surface area (Å²) < 4.78 is 0. The molecule has 2 aromatic rings. The second-order valence-corrected chi connectivity index (χ2v) is 8.18. The fraction of sp³-hybridized carbons (Fsp3) is 0.375. The first-order chi connectivity index (χ1) is 15.1. The van der Waals surface area contributed by atoms with Crippen molar-refractivity contribution in [3.63, 3.8) is 0 Å². The average molecular weight is 418 g/mol. The molecule has 0 unspecified atom stereocenters. The second kappa shape index (κ2) is 9.63. The van der Waals surface area contributed by atoms with E-state index in [0.717, 1.165) is 45.4 Å². The summed E-state index contributed by atoms with van der Waals surface area (Å²) in [6.45, 7) is 3.97. The minimum Gasteiger partial charge on any atom is -0.337 e. The van der Waals surface area contributed by atoms with Crippen LogP contribution in [0.25, 0.3) is 0 Å². The van der Waals surface area contributed by atoms with Crippen LogP contribution in [0.15, 0.2) is 48.5 Å². The molecule has 1 aliphatic heterocycles. The molecule has 1 heterocycles. The van der Waals surface area contributed by atoms with Crippen molar-refractivity contribution in [1.82, 2.24) is 15.1 Å². The molecule has 0 radical (unpaired) electrons. The molecule has 2 N–H and O–H groups in total. The third kappa shape index (κ3) is 5.83. The molecule has 4 rings (SSSR count). The zero-order chi connectivity index (χ0) is 21.6. The summed E-state index contributed by atoms with van der Waals surface area (Å²) in [5, 5.41) is 14.6. The Morgan fingerprint density at radius 2 is 1.71 bits per heavy atom. The standard InChI is InChI=1S/C24H27N5O2/c25-16-18-2-4-19(5-3-18)17-28-12-1-13-29(15-14-28)23(30)20-6-8-21(9-7-20)26-24(31)27-22-10-11-22/h2-9,22H,1,10-15,17H2,(H2,26,27,31). The van der Waals surface area contributed by atoms with Gasteiger partial charge in [-0.1, -0.05) is 12.1 Å². The molecule has 7 heteroatoms. The molecule has 3 amide bonds. The van der Waals surface area contributed by atoms with Crippen molar-refractivity contribution in [2.24, 2.45) is 0 Å². The maximum absolute atomic E-state index is 13.0. The fourth-order valence-corrected chi connectivity index (χ4v) is 3.73. The highest BCUT2D eigenvalue weighted by atomic mass is 16.2. The van der Waals surface area contributed by atoms with Crippen LogP contribution >= 0.6 is 0 Å². The van der Waals surface area contributed by atoms with Gasteiger partial charge >= 0.3 is 6.03 Å². The van der Waals surface area contributed by atoms with Gasteiger partial charge in [-0.15, -0.1) is 0 Å². The quantitative estimate of drug-likeness (QED) is 0.782. The number of hydrogen-bond acceptors (Lipinski definition) is 4. The Hall–Kier alpha value is -3.37. The van der Waals surface area contributed by atoms with Crippen LogP contribution in [-0.4, -0.2) is 54.0 Å². The van der Waals surface area contributed by atoms with Gasteiger partial charge in [0.25, 0.3) is 5.91 Å². The van der Waals surface area contributed by atoms with E-state index in [4.69, 9.17) is 5.26 Å². The molecule has 1 saturated carbocycles. The number of nitrogens with one attached hydrogen (secondary N) is 2. The van der Waals surface area contributed by atoms with Crippen LogP contribution in [0.3, 0.4) is 0 Å². The predicted molar refractivity (Wildman–Crippen MR) is 119 cm³/mol. The summed E-state index contributed by atoms with van der Waals surface area (Å²) in [5.74, 6) is 0.0224. The Bertz CT molecular complexity index is 961. The third-order valence-electron chi connectivity index (χ3n) is 5.67. The van der Waals surface area contributed by atoms with Crippen LogP contribution in [0.5, 0.6) is 0 Å². The highest BCUT2D eigenvalue weighted by molar-refractivity contribution is 5.95. The maximum atomic E-state index is 13.0. The van der Waals surface area contributed by atoms with Gasteiger partial charge in [-0.2, -0.15) is 5.26 Å². The van der Waals surface area contributed by atoms with E-state index in [1.54, 1.807) is 24.3 Å². The minimum absolute atomic E-state index is 0.0224. The van der Waals surface area contributed by atoms with Gasteiger partial charge in [0.2, 0.25) is 0 Å². The number of urea groups is 1. The predicted octanol–water partition coefficient (Wildman–Crippen LogP) is 3.19. The monoisotopic (exact) mass is 417 g/mol. The van der Waals surface area contributed by atoms with Crippen LogP contribution < -0.4 is 10.6 Å². The van der Waals surface area contributed by atoms with Gasteiger partial charge in [-0.25, -0.2) is 4.79 Å². The zero-order valence-corrected chi connectivity index (χ0v) is 17.5. The lowest BCUT2D eigenvalue weighted by Crippen LogP contribution is -2.35. The van der Waals surface area contributed by atoms with Crippen molar-refractivity contribution in [2.75, 3.05) is 31.5 Å². The molecule has 1 aliphatic carbocycles. The molecular formula is C24H27N5O2. The van der Waals surface area contributed by atoms with E-state index < -0.39 is 0 Å². The van der Waals surface area contributed by atoms with Gasteiger partial charge < -0.3 is 15.5 Å². The van der Waals surface area contributed by atoms with Gasteiger partial charge in [0.15, 0.2) is 0 Å². The fourth-order valence-electron chi connectivity index (χ4n) is 3.73. The molecular weight excluding hydrogens is 390 g/mol. The minimum atomic E-state index is -0.198. The number of rotatable bonds is 5.